The predicted molar refractivity (Wildman–Crippen MR) is 109 cm³/mol. The van der Waals surface area contributed by atoms with Crippen molar-refractivity contribution in [1.82, 2.24) is 5.32 Å². The molecule has 2 aromatic carbocycles. The second kappa shape index (κ2) is 9.75. The van der Waals surface area contributed by atoms with Crippen molar-refractivity contribution in [1.29, 1.82) is 5.26 Å². The zero-order valence-corrected chi connectivity index (χ0v) is 16.1. The number of hydrogen-bond acceptors (Lipinski definition) is 6. The molecule has 30 heavy (non-hydrogen) atoms. The summed E-state index contributed by atoms with van der Waals surface area (Å²) in [4.78, 5) is 24.4. The smallest absolute Gasteiger partial charge is 0.343 e. The monoisotopic (exact) mass is 402 g/mol. The molecule has 0 radical (unpaired) electrons. The fraction of sp³-hybridized carbons (Fsp3) is 0.0870. The van der Waals surface area contributed by atoms with E-state index in [1.807, 2.05) is 6.07 Å². The maximum atomic E-state index is 12.3. The van der Waals surface area contributed by atoms with Gasteiger partial charge in [0.15, 0.2) is 0 Å². The number of rotatable bonds is 7. The van der Waals surface area contributed by atoms with Crippen molar-refractivity contribution in [2.45, 2.75) is 6.54 Å². The van der Waals surface area contributed by atoms with E-state index in [1.165, 1.54) is 19.4 Å². The second-order valence-electron chi connectivity index (χ2n) is 6.12. The zero-order chi connectivity index (χ0) is 21.3. The fourth-order valence-electron chi connectivity index (χ4n) is 2.54. The van der Waals surface area contributed by atoms with Crippen molar-refractivity contribution in [3.8, 4) is 17.6 Å². The number of benzene rings is 2. The Morgan fingerprint density at radius 1 is 1.10 bits per heavy atom. The molecule has 1 amide bonds. The van der Waals surface area contributed by atoms with Crippen molar-refractivity contribution in [3.63, 3.8) is 0 Å². The van der Waals surface area contributed by atoms with Gasteiger partial charge in [0.1, 0.15) is 28.9 Å². The van der Waals surface area contributed by atoms with Crippen LogP contribution in [0.2, 0.25) is 0 Å². The zero-order valence-electron chi connectivity index (χ0n) is 16.1. The average molecular weight is 402 g/mol. The first kappa shape index (κ1) is 20.4. The fourth-order valence-corrected chi connectivity index (χ4v) is 2.54. The summed E-state index contributed by atoms with van der Waals surface area (Å²) in [6.45, 7) is 0.185. The van der Waals surface area contributed by atoms with Crippen LogP contribution in [0.3, 0.4) is 0 Å². The lowest BCUT2D eigenvalue weighted by atomic mass is 10.1. The topological polar surface area (TPSA) is 102 Å². The second-order valence-corrected chi connectivity index (χ2v) is 6.12. The van der Waals surface area contributed by atoms with Crippen molar-refractivity contribution in [2.75, 3.05) is 7.11 Å². The van der Waals surface area contributed by atoms with E-state index in [2.05, 4.69) is 5.32 Å². The number of amides is 1. The van der Waals surface area contributed by atoms with E-state index in [-0.39, 0.29) is 12.1 Å². The van der Waals surface area contributed by atoms with Crippen LogP contribution < -0.4 is 14.8 Å². The Kier molecular flexibility index (Phi) is 6.64. The van der Waals surface area contributed by atoms with Crippen LogP contribution in [0.15, 0.2) is 76.9 Å². The number of methoxy groups -OCH3 is 1. The Morgan fingerprint density at radius 2 is 1.90 bits per heavy atom. The Hall–Kier alpha value is -4.31. The molecule has 3 rings (SSSR count). The van der Waals surface area contributed by atoms with Gasteiger partial charge in [-0.15, -0.1) is 0 Å². The molecular formula is C23H18N2O5. The average Bonchev–Trinajstić information content (AvgIpc) is 3.30. The summed E-state index contributed by atoms with van der Waals surface area (Å²) in [6.07, 6.45) is 2.95. The van der Waals surface area contributed by atoms with Crippen molar-refractivity contribution < 1.29 is 23.5 Å². The van der Waals surface area contributed by atoms with E-state index in [1.54, 1.807) is 60.7 Å². The minimum Gasteiger partial charge on any atom is -0.497 e. The van der Waals surface area contributed by atoms with Crippen LogP contribution in [0.25, 0.3) is 6.08 Å². The van der Waals surface area contributed by atoms with E-state index in [4.69, 9.17) is 13.9 Å². The van der Waals surface area contributed by atoms with Gasteiger partial charge in [-0.1, -0.05) is 18.2 Å². The molecule has 0 fully saturated rings. The molecule has 0 unspecified atom stereocenters. The molecule has 1 aromatic heterocycles. The number of carbonyl (C=O) groups is 2. The lowest BCUT2D eigenvalue weighted by Gasteiger charge is -2.06. The number of furan rings is 1. The Labute approximate surface area is 173 Å². The van der Waals surface area contributed by atoms with Crippen LogP contribution in [0.5, 0.6) is 11.5 Å². The van der Waals surface area contributed by atoms with Gasteiger partial charge in [-0.05, 0) is 54.1 Å². The number of esters is 1. The summed E-state index contributed by atoms with van der Waals surface area (Å²) in [6, 6.07) is 18.4. The maximum Gasteiger partial charge on any atom is 0.343 e. The number of nitrogens with one attached hydrogen (secondary N) is 1. The summed E-state index contributed by atoms with van der Waals surface area (Å²) < 4.78 is 15.6. The maximum absolute atomic E-state index is 12.3. The molecule has 0 bridgehead atoms. The number of nitrogens with zero attached hydrogens (tertiary/aromatic N) is 1. The number of nitriles is 1. The molecule has 0 saturated carbocycles. The molecule has 0 atom stereocenters. The third-order valence-electron chi connectivity index (χ3n) is 4.08. The lowest BCUT2D eigenvalue weighted by Crippen LogP contribution is -2.23. The Morgan fingerprint density at radius 3 is 2.57 bits per heavy atom. The van der Waals surface area contributed by atoms with Gasteiger partial charge >= 0.3 is 5.97 Å². The summed E-state index contributed by atoms with van der Waals surface area (Å²) in [5, 5.41) is 11.9. The highest BCUT2D eigenvalue weighted by atomic mass is 16.5. The van der Waals surface area contributed by atoms with Crippen molar-refractivity contribution in [2.24, 2.45) is 0 Å². The minimum absolute atomic E-state index is 0.0531. The molecule has 7 heteroatoms. The molecule has 0 aliphatic rings. The molecule has 0 aliphatic heterocycles. The predicted octanol–water partition coefficient (Wildman–Crippen LogP) is 3.73. The van der Waals surface area contributed by atoms with Crippen molar-refractivity contribution >= 4 is 18.0 Å². The molecular weight excluding hydrogens is 384 g/mol. The van der Waals surface area contributed by atoms with Crippen LogP contribution in [0.1, 0.15) is 21.7 Å². The van der Waals surface area contributed by atoms with E-state index in [0.717, 1.165) is 0 Å². The van der Waals surface area contributed by atoms with E-state index >= 15 is 0 Å². The van der Waals surface area contributed by atoms with Crippen LogP contribution >= 0.6 is 0 Å². The van der Waals surface area contributed by atoms with Gasteiger partial charge in [-0.25, -0.2) is 4.79 Å². The highest BCUT2D eigenvalue weighted by molar-refractivity contribution is 6.01. The van der Waals surface area contributed by atoms with Gasteiger partial charge in [0.2, 0.25) is 0 Å². The first-order valence-corrected chi connectivity index (χ1v) is 8.97. The summed E-state index contributed by atoms with van der Waals surface area (Å²) >= 11 is 0. The van der Waals surface area contributed by atoms with Crippen LogP contribution in [-0.2, 0) is 11.3 Å². The molecule has 3 aromatic rings. The standard InChI is InChI=1S/C23H18N2O5/c1-28-20-5-2-4-17(13-20)23(27)30-19-9-7-16(8-10-19)12-18(14-24)22(26)25-15-21-6-3-11-29-21/h2-13H,15H2,1H3,(H,25,26)/b18-12+. The quantitative estimate of drug-likeness (QED) is 0.280. The first-order valence-electron chi connectivity index (χ1n) is 8.97. The summed E-state index contributed by atoms with van der Waals surface area (Å²) in [5.41, 5.74) is 0.918. The van der Waals surface area contributed by atoms with Gasteiger partial charge in [0.05, 0.1) is 25.5 Å². The van der Waals surface area contributed by atoms with Crippen LogP contribution in [-0.4, -0.2) is 19.0 Å². The van der Waals surface area contributed by atoms with Gasteiger partial charge in [-0.2, -0.15) is 5.26 Å². The van der Waals surface area contributed by atoms with E-state index in [0.29, 0.717) is 28.4 Å². The molecule has 0 saturated heterocycles. The lowest BCUT2D eigenvalue weighted by molar-refractivity contribution is -0.117. The molecule has 0 spiro atoms. The van der Waals surface area contributed by atoms with Crippen LogP contribution in [0, 0.1) is 11.3 Å². The summed E-state index contributed by atoms with van der Waals surface area (Å²) in [7, 11) is 1.52. The van der Waals surface area contributed by atoms with Gasteiger partial charge in [0, 0.05) is 0 Å². The van der Waals surface area contributed by atoms with E-state index in [9.17, 15) is 14.9 Å². The number of ether oxygens (including phenoxy) is 2. The molecule has 7 nitrogen and oxygen atoms in total. The molecule has 1 heterocycles. The van der Waals surface area contributed by atoms with Gasteiger partial charge < -0.3 is 19.2 Å². The van der Waals surface area contributed by atoms with Crippen molar-refractivity contribution in [3.05, 3.63) is 89.4 Å². The van der Waals surface area contributed by atoms with Crippen LogP contribution in [0.4, 0.5) is 0 Å². The highest BCUT2D eigenvalue weighted by Crippen LogP contribution is 2.18. The van der Waals surface area contributed by atoms with E-state index < -0.39 is 11.9 Å². The number of carbonyl (C=O) groups excluding carboxylic acids is 2. The summed E-state index contributed by atoms with van der Waals surface area (Å²) in [5.74, 6) is 0.442. The highest BCUT2D eigenvalue weighted by Gasteiger charge is 2.11. The minimum atomic E-state index is -0.521. The van der Waals surface area contributed by atoms with Gasteiger partial charge in [0.25, 0.3) is 5.91 Å². The SMILES string of the molecule is COc1cccc(C(=O)Oc2ccc(/C=C(\C#N)C(=O)NCc3ccco3)cc2)c1. The normalized spacial score (nSPS) is 10.7. The first-order chi connectivity index (χ1) is 14.6. The Balaban J connectivity index is 1.64. The molecule has 1 N–H and O–H groups in total. The third-order valence-corrected chi connectivity index (χ3v) is 4.08. The Bertz CT molecular complexity index is 1090. The third kappa shape index (κ3) is 5.36. The number of hydrogen-bond donors (Lipinski definition) is 1. The molecule has 150 valence electrons. The van der Waals surface area contributed by atoms with Gasteiger partial charge in [-0.3, -0.25) is 4.79 Å². The largest absolute Gasteiger partial charge is 0.497 e. The molecule has 0 aliphatic carbocycles.